The summed E-state index contributed by atoms with van der Waals surface area (Å²) in [6.07, 6.45) is 4.61. The number of hydrogen-bond donors (Lipinski definition) is 2. The van der Waals surface area contributed by atoms with E-state index in [2.05, 4.69) is 43.1 Å². The predicted molar refractivity (Wildman–Crippen MR) is 131 cm³/mol. The van der Waals surface area contributed by atoms with Crippen molar-refractivity contribution in [2.75, 3.05) is 0 Å². The highest BCUT2D eigenvalue weighted by atomic mass is 16.5. The van der Waals surface area contributed by atoms with Crippen LogP contribution in [0.25, 0.3) is 10.9 Å². The molecule has 5 heteroatoms. The van der Waals surface area contributed by atoms with Crippen molar-refractivity contribution in [3.05, 3.63) is 47.2 Å². The first kappa shape index (κ1) is 22.2. The van der Waals surface area contributed by atoms with E-state index >= 15 is 0 Å². The van der Waals surface area contributed by atoms with Gasteiger partial charge in [-0.3, -0.25) is 9.59 Å². The molecule has 1 aliphatic heterocycles. The SMILES string of the molecule is CC(=O)C(C)(C)[C@H]1OC2CC[C@@]3(C)[C@@](O)(CC[C@H]4Cc5c([nH]c6ccccc56)[C@@]43C)C2=CC1=O. The van der Waals surface area contributed by atoms with Gasteiger partial charge in [-0.2, -0.15) is 0 Å². The summed E-state index contributed by atoms with van der Waals surface area (Å²) in [5.41, 5.74) is 1.84. The number of nitrogens with one attached hydrogen (secondary N) is 1. The molecule has 0 bridgehead atoms. The van der Waals surface area contributed by atoms with Crippen LogP contribution in [0.1, 0.15) is 71.6 Å². The van der Waals surface area contributed by atoms with Crippen LogP contribution in [0.2, 0.25) is 0 Å². The number of aromatic amines is 1. The number of para-hydroxylation sites is 1. The molecule has 2 N–H and O–H groups in total. The maximum atomic E-state index is 13.3. The van der Waals surface area contributed by atoms with Gasteiger partial charge in [0.2, 0.25) is 0 Å². The van der Waals surface area contributed by atoms with E-state index in [4.69, 9.17) is 4.74 Å². The van der Waals surface area contributed by atoms with Crippen molar-refractivity contribution in [2.24, 2.45) is 16.7 Å². The predicted octanol–water partition coefficient (Wildman–Crippen LogP) is 4.80. The molecule has 0 amide bonds. The number of carbonyl (C=O) groups is 2. The van der Waals surface area contributed by atoms with Crippen molar-refractivity contribution < 1.29 is 19.4 Å². The van der Waals surface area contributed by atoms with E-state index in [1.54, 1.807) is 19.9 Å². The normalized spacial score (nSPS) is 39.2. The number of Topliss-reactive ketones (excluding diaryl/α,β-unsaturated/α-hetero) is 1. The molecule has 0 saturated heterocycles. The van der Waals surface area contributed by atoms with E-state index < -0.39 is 22.5 Å². The molecule has 180 valence electrons. The Balaban J connectivity index is 1.47. The van der Waals surface area contributed by atoms with E-state index in [-0.39, 0.29) is 23.1 Å². The van der Waals surface area contributed by atoms with Crippen LogP contribution in [0.5, 0.6) is 0 Å². The van der Waals surface area contributed by atoms with E-state index in [9.17, 15) is 14.7 Å². The molecule has 4 aliphatic rings. The molecular weight excluding hydrogens is 426 g/mol. The zero-order chi connectivity index (χ0) is 24.3. The van der Waals surface area contributed by atoms with E-state index in [1.165, 1.54) is 23.6 Å². The van der Waals surface area contributed by atoms with Crippen LogP contribution < -0.4 is 0 Å². The van der Waals surface area contributed by atoms with Gasteiger partial charge in [0.1, 0.15) is 11.9 Å². The minimum Gasteiger partial charge on any atom is -0.385 e. The average Bonchev–Trinajstić information content (AvgIpc) is 3.30. The summed E-state index contributed by atoms with van der Waals surface area (Å²) in [7, 11) is 0. The molecule has 2 heterocycles. The summed E-state index contributed by atoms with van der Waals surface area (Å²) in [6, 6.07) is 8.49. The molecule has 1 aromatic heterocycles. The minimum atomic E-state index is -1.12. The van der Waals surface area contributed by atoms with Crippen molar-refractivity contribution in [1.29, 1.82) is 0 Å². The van der Waals surface area contributed by atoms with Gasteiger partial charge in [-0.25, -0.2) is 0 Å². The molecule has 2 saturated carbocycles. The minimum absolute atomic E-state index is 0.0626. The highest BCUT2D eigenvalue weighted by molar-refractivity contribution is 6.00. The van der Waals surface area contributed by atoms with Gasteiger partial charge in [-0.05, 0) is 82.1 Å². The molecule has 1 aromatic carbocycles. The Morgan fingerprint density at radius 2 is 1.91 bits per heavy atom. The van der Waals surface area contributed by atoms with Gasteiger partial charge in [0.15, 0.2) is 5.78 Å². The monoisotopic (exact) mass is 461 g/mol. The average molecular weight is 462 g/mol. The van der Waals surface area contributed by atoms with Crippen LogP contribution in [0, 0.1) is 16.7 Å². The highest BCUT2D eigenvalue weighted by Gasteiger charge is 2.70. The largest absolute Gasteiger partial charge is 0.385 e. The van der Waals surface area contributed by atoms with Crippen LogP contribution in [0.4, 0.5) is 0 Å². The molecule has 2 aromatic rings. The van der Waals surface area contributed by atoms with Gasteiger partial charge in [0, 0.05) is 27.4 Å². The zero-order valence-corrected chi connectivity index (χ0v) is 20.8. The number of ether oxygens (including phenoxy) is 1. The van der Waals surface area contributed by atoms with Gasteiger partial charge < -0.3 is 14.8 Å². The third kappa shape index (κ3) is 2.42. The summed E-state index contributed by atoms with van der Waals surface area (Å²) >= 11 is 0. The van der Waals surface area contributed by atoms with Crippen LogP contribution in [0.15, 0.2) is 35.9 Å². The van der Waals surface area contributed by atoms with Crippen molar-refractivity contribution in [2.45, 2.75) is 89.9 Å². The fraction of sp³-hybridized carbons (Fsp3) is 0.586. The molecule has 0 spiro atoms. The number of H-pyrrole nitrogens is 1. The lowest BCUT2D eigenvalue weighted by Crippen LogP contribution is -2.68. The standard InChI is InChI=1S/C29H35NO4/c1-16(31)26(2,3)25-22(32)15-20-23(34-25)11-12-27(4)28(5)17(10-13-29(20,27)33)14-19-18-8-6-7-9-21(18)30-24(19)28/h6-9,15,17,23,25,30,33H,10-14H2,1-5H3/t17-,23?,25-,27+,28+,29+/m0/s1. The summed E-state index contributed by atoms with van der Waals surface area (Å²) in [4.78, 5) is 29.3. The second-order valence-corrected chi connectivity index (χ2v) is 12.2. The Kier molecular flexibility index (Phi) is 4.38. The Morgan fingerprint density at radius 1 is 1.18 bits per heavy atom. The molecule has 6 atom stereocenters. The lowest BCUT2D eigenvalue weighted by molar-refractivity contribution is -0.190. The maximum absolute atomic E-state index is 13.3. The van der Waals surface area contributed by atoms with Gasteiger partial charge in [0.05, 0.1) is 17.1 Å². The van der Waals surface area contributed by atoms with Gasteiger partial charge >= 0.3 is 0 Å². The first-order chi connectivity index (χ1) is 15.9. The van der Waals surface area contributed by atoms with Gasteiger partial charge in [-0.15, -0.1) is 0 Å². The summed E-state index contributed by atoms with van der Waals surface area (Å²) < 4.78 is 6.34. The molecule has 2 fully saturated rings. The van der Waals surface area contributed by atoms with Crippen LogP contribution >= 0.6 is 0 Å². The first-order valence-electron chi connectivity index (χ1n) is 12.7. The summed E-state index contributed by atoms with van der Waals surface area (Å²) in [5, 5.41) is 13.8. The number of ketones is 2. The number of fused-ring (bicyclic) bond motifs is 9. The fourth-order valence-electron chi connectivity index (χ4n) is 8.01. The molecule has 3 aliphatic carbocycles. The zero-order valence-electron chi connectivity index (χ0n) is 20.8. The second-order valence-electron chi connectivity index (χ2n) is 12.2. The van der Waals surface area contributed by atoms with Crippen molar-refractivity contribution in [3.8, 4) is 0 Å². The topological polar surface area (TPSA) is 79.4 Å². The maximum Gasteiger partial charge on any atom is 0.185 e. The number of aliphatic hydroxyl groups is 1. The van der Waals surface area contributed by atoms with Gasteiger partial charge in [0.25, 0.3) is 0 Å². The third-order valence-electron chi connectivity index (χ3n) is 10.7. The lowest BCUT2D eigenvalue weighted by Gasteiger charge is -2.64. The number of rotatable bonds is 2. The highest BCUT2D eigenvalue weighted by Crippen LogP contribution is 2.69. The van der Waals surface area contributed by atoms with Crippen LogP contribution in [-0.4, -0.2) is 39.5 Å². The van der Waals surface area contributed by atoms with E-state index in [1.807, 2.05) is 0 Å². The van der Waals surface area contributed by atoms with E-state index in [0.717, 1.165) is 36.8 Å². The Morgan fingerprint density at radius 3 is 2.65 bits per heavy atom. The van der Waals surface area contributed by atoms with E-state index in [0.29, 0.717) is 12.3 Å². The number of carbonyl (C=O) groups excluding carboxylic acids is 2. The molecule has 1 unspecified atom stereocenters. The molecule has 34 heavy (non-hydrogen) atoms. The Labute approximate surface area is 201 Å². The second kappa shape index (κ2) is 6.70. The Bertz CT molecular complexity index is 1270. The first-order valence-corrected chi connectivity index (χ1v) is 12.7. The van der Waals surface area contributed by atoms with Crippen molar-refractivity contribution in [1.82, 2.24) is 4.98 Å². The van der Waals surface area contributed by atoms with Crippen LogP contribution in [-0.2, 0) is 26.2 Å². The third-order valence-corrected chi connectivity index (χ3v) is 10.7. The lowest BCUT2D eigenvalue weighted by atomic mass is 9.42. The van der Waals surface area contributed by atoms with Crippen molar-refractivity contribution >= 4 is 22.5 Å². The smallest absolute Gasteiger partial charge is 0.185 e. The number of hydrogen-bond acceptors (Lipinski definition) is 4. The van der Waals surface area contributed by atoms with Crippen LogP contribution in [0.3, 0.4) is 0 Å². The number of aromatic nitrogens is 1. The quantitative estimate of drug-likeness (QED) is 0.673. The molecule has 0 radical (unpaired) electrons. The Hall–Kier alpha value is -2.24. The number of benzene rings is 1. The molecule has 6 rings (SSSR count). The molecule has 5 nitrogen and oxygen atoms in total. The van der Waals surface area contributed by atoms with Crippen molar-refractivity contribution in [3.63, 3.8) is 0 Å². The molecular formula is C29H35NO4. The summed E-state index contributed by atoms with van der Waals surface area (Å²) in [5.74, 6) is 0.187. The summed E-state index contributed by atoms with van der Waals surface area (Å²) in [6.45, 7) is 9.63. The fourth-order valence-corrected chi connectivity index (χ4v) is 8.01. The van der Waals surface area contributed by atoms with Gasteiger partial charge in [-0.1, -0.05) is 32.0 Å².